The van der Waals surface area contributed by atoms with Gasteiger partial charge in [0.25, 0.3) is 5.91 Å². The molecule has 0 fully saturated rings. The van der Waals surface area contributed by atoms with Crippen LogP contribution in [0.15, 0.2) is 51.1 Å². The van der Waals surface area contributed by atoms with Crippen LogP contribution in [-0.2, 0) is 12.3 Å². The summed E-state index contributed by atoms with van der Waals surface area (Å²) in [4.78, 5) is 20.0. The highest BCUT2D eigenvalue weighted by Crippen LogP contribution is 2.28. The third-order valence-corrected chi connectivity index (χ3v) is 5.62. The lowest BCUT2D eigenvalue weighted by atomic mass is 10.2. The van der Waals surface area contributed by atoms with Crippen molar-refractivity contribution >= 4 is 29.0 Å². The maximum atomic E-state index is 12.8. The van der Waals surface area contributed by atoms with Crippen molar-refractivity contribution < 1.29 is 9.21 Å². The van der Waals surface area contributed by atoms with Crippen molar-refractivity contribution in [1.82, 2.24) is 9.88 Å². The van der Waals surface area contributed by atoms with E-state index in [2.05, 4.69) is 10.4 Å². The molecule has 0 radical (unpaired) electrons. The standard InChI is InChI=1S/C19H20N2O2S2/c1-13-8-9-16(23-13)10-21(3)19(22)17-6-4-5-7-18(17)25-12-15-11-24-14(2)20-15/h4-9,11H,10,12H2,1-3H3. The van der Waals surface area contributed by atoms with E-state index in [4.69, 9.17) is 4.42 Å². The van der Waals surface area contributed by atoms with Gasteiger partial charge in [-0.3, -0.25) is 4.79 Å². The molecule has 3 rings (SSSR count). The highest BCUT2D eigenvalue weighted by molar-refractivity contribution is 7.98. The number of thioether (sulfide) groups is 1. The SMILES string of the molecule is Cc1ccc(CN(C)C(=O)c2ccccc2SCc2csc(C)n2)o1. The lowest BCUT2D eigenvalue weighted by Crippen LogP contribution is -2.26. The molecule has 2 heterocycles. The molecule has 0 saturated heterocycles. The van der Waals surface area contributed by atoms with E-state index in [1.54, 1.807) is 35.0 Å². The topological polar surface area (TPSA) is 46.3 Å². The molecule has 0 aliphatic carbocycles. The predicted molar refractivity (Wildman–Crippen MR) is 102 cm³/mol. The molecular formula is C19H20N2O2S2. The van der Waals surface area contributed by atoms with Gasteiger partial charge in [0.1, 0.15) is 11.5 Å². The van der Waals surface area contributed by atoms with E-state index >= 15 is 0 Å². The maximum Gasteiger partial charge on any atom is 0.255 e. The van der Waals surface area contributed by atoms with Crippen LogP contribution in [0.3, 0.4) is 0 Å². The van der Waals surface area contributed by atoms with Crippen LogP contribution in [0.4, 0.5) is 0 Å². The second-order valence-corrected chi connectivity index (χ2v) is 7.90. The molecular weight excluding hydrogens is 352 g/mol. The summed E-state index contributed by atoms with van der Waals surface area (Å²) in [5.41, 5.74) is 1.76. The maximum absolute atomic E-state index is 12.8. The fraction of sp³-hybridized carbons (Fsp3) is 0.263. The molecule has 0 bridgehead atoms. The Balaban J connectivity index is 1.71. The van der Waals surface area contributed by atoms with Crippen LogP contribution in [0.1, 0.15) is 32.6 Å². The number of thiazole rings is 1. The number of nitrogens with zero attached hydrogens (tertiary/aromatic N) is 2. The number of aromatic nitrogens is 1. The molecule has 4 nitrogen and oxygen atoms in total. The number of carbonyl (C=O) groups excluding carboxylic acids is 1. The Morgan fingerprint density at radius 2 is 2.04 bits per heavy atom. The Hall–Kier alpha value is -2.05. The second kappa shape index (κ2) is 7.89. The lowest BCUT2D eigenvalue weighted by molar-refractivity contribution is 0.0771. The van der Waals surface area contributed by atoms with Gasteiger partial charge in [0.05, 0.1) is 22.8 Å². The summed E-state index contributed by atoms with van der Waals surface area (Å²) in [6, 6.07) is 11.5. The largest absolute Gasteiger partial charge is 0.464 e. The van der Waals surface area contributed by atoms with Crippen LogP contribution in [0, 0.1) is 13.8 Å². The lowest BCUT2D eigenvalue weighted by Gasteiger charge is -2.17. The molecule has 0 N–H and O–H groups in total. The number of carbonyl (C=O) groups is 1. The molecule has 130 valence electrons. The normalized spacial score (nSPS) is 10.8. The van der Waals surface area contributed by atoms with Gasteiger partial charge in [-0.2, -0.15) is 0 Å². The fourth-order valence-corrected chi connectivity index (χ4v) is 4.13. The average Bonchev–Trinajstić information content (AvgIpc) is 3.20. The van der Waals surface area contributed by atoms with Crippen LogP contribution >= 0.6 is 23.1 Å². The van der Waals surface area contributed by atoms with Crippen LogP contribution in [0.2, 0.25) is 0 Å². The Kier molecular flexibility index (Phi) is 5.60. The molecule has 0 saturated carbocycles. The zero-order valence-corrected chi connectivity index (χ0v) is 16.1. The third kappa shape index (κ3) is 4.52. The summed E-state index contributed by atoms with van der Waals surface area (Å²) < 4.78 is 5.57. The molecule has 0 spiro atoms. The van der Waals surface area contributed by atoms with Crippen molar-refractivity contribution in [3.63, 3.8) is 0 Å². The molecule has 25 heavy (non-hydrogen) atoms. The quantitative estimate of drug-likeness (QED) is 0.576. The van der Waals surface area contributed by atoms with Gasteiger partial charge in [-0.25, -0.2) is 4.98 Å². The molecule has 1 aromatic carbocycles. The number of rotatable bonds is 6. The van der Waals surface area contributed by atoms with Gasteiger partial charge < -0.3 is 9.32 Å². The van der Waals surface area contributed by atoms with Crippen LogP contribution in [-0.4, -0.2) is 22.8 Å². The van der Waals surface area contributed by atoms with Gasteiger partial charge in [0.2, 0.25) is 0 Å². The Labute approximate surface area is 155 Å². The molecule has 2 aromatic heterocycles. The van der Waals surface area contributed by atoms with E-state index in [1.807, 2.05) is 50.2 Å². The summed E-state index contributed by atoms with van der Waals surface area (Å²) in [7, 11) is 1.80. The van der Waals surface area contributed by atoms with Gasteiger partial charge in [-0.05, 0) is 38.1 Å². The summed E-state index contributed by atoms with van der Waals surface area (Å²) >= 11 is 3.29. The van der Waals surface area contributed by atoms with E-state index in [0.717, 1.165) is 32.9 Å². The summed E-state index contributed by atoms with van der Waals surface area (Å²) in [6.45, 7) is 4.36. The Bertz CT molecular complexity index is 870. The Morgan fingerprint density at radius 1 is 1.24 bits per heavy atom. The molecule has 0 aliphatic heterocycles. The minimum Gasteiger partial charge on any atom is -0.464 e. The molecule has 3 aromatic rings. The smallest absolute Gasteiger partial charge is 0.255 e. The van der Waals surface area contributed by atoms with Crippen LogP contribution in [0.5, 0.6) is 0 Å². The number of amides is 1. The first-order chi connectivity index (χ1) is 12.0. The first-order valence-electron chi connectivity index (χ1n) is 7.96. The molecule has 6 heteroatoms. The van der Waals surface area contributed by atoms with Gasteiger partial charge >= 0.3 is 0 Å². The highest BCUT2D eigenvalue weighted by Gasteiger charge is 2.17. The van der Waals surface area contributed by atoms with E-state index in [-0.39, 0.29) is 5.91 Å². The number of hydrogen-bond acceptors (Lipinski definition) is 5. The van der Waals surface area contributed by atoms with E-state index < -0.39 is 0 Å². The van der Waals surface area contributed by atoms with Gasteiger partial charge in [-0.15, -0.1) is 23.1 Å². The third-order valence-electron chi connectivity index (χ3n) is 3.70. The second-order valence-electron chi connectivity index (χ2n) is 5.82. The first-order valence-corrected chi connectivity index (χ1v) is 9.83. The number of benzene rings is 1. The summed E-state index contributed by atoms with van der Waals surface area (Å²) in [6.07, 6.45) is 0. The molecule has 0 aliphatic rings. The minimum absolute atomic E-state index is 0.00777. The van der Waals surface area contributed by atoms with Gasteiger partial charge in [0, 0.05) is 23.1 Å². The fourth-order valence-electron chi connectivity index (χ4n) is 2.48. The van der Waals surface area contributed by atoms with Gasteiger partial charge in [-0.1, -0.05) is 12.1 Å². The number of furan rings is 1. The van der Waals surface area contributed by atoms with Crippen molar-refractivity contribution in [2.24, 2.45) is 0 Å². The molecule has 1 amide bonds. The van der Waals surface area contributed by atoms with Crippen LogP contribution < -0.4 is 0 Å². The Morgan fingerprint density at radius 3 is 2.72 bits per heavy atom. The average molecular weight is 373 g/mol. The monoisotopic (exact) mass is 372 g/mol. The zero-order valence-electron chi connectivity index (χ0n) is 14.5. The van der Waals surface area contributed by atoms with Crippen molar-refractivity contribution in [1.29, 1.82) is 0 Å². The summed E-state index contributed by atoms with van der Waals surface area (Å²) in [5.74, 6) is 2.39. The van der Waals surface area contributed by atoms with Crippen molar-refractivity contribution in [3.05, 3.63) is 69.6 Å². The predicted octanol–water partition coefficient (Wildman–Crippen LogP) is 4.92. The number of hydrogen-bond donors (Lipinski definition) is 0. The van der Waals surface area contributed by atoms with Crippen molar-refractivity contribution in [2.45, 2.75) is 31.0 Å². The van der Waals surface area contributed by atoms with Crippen molar-refractivity contribution in [2.75, 3.05) is 7.05 Å². The molecule has 0 atom stereocenters. The van der Waals surface area contributed by atoms with E-state index in [9.17, 15) is 4.79 Å². The molecule has 0 unspecified atom stereocenters. The zero-order chi connectivity index (χ0) is 17.8. The first kappa shape index (κ1) is 17.8. The van der Waals surface area contributed by atoms with E-state index in [0.29, 0.717) is 12.1 Å². The van der Waals surface area contributed by atoms with E-state index in [1.165, 1.54) is 0 Å². The summed E-state index contributed by atoms with van der Waals surface area (Å²) in [5, 5.41) is 3.13. The van der Waals surface area contributed by atoms with Gasteiger partial charge in [0.15, 0.2) is 0 Å². The minimum atomic E-state index is -0.00777. The highest BCUT2D eigenvalue weighted by atomic mass is 32.2. The van der Waals surface area contributed by atoms with Crippen LogP contribution in [0.25, 0.3) is 0 Å². The number of aryl methyl sites for hydroxylation is 2. The van der Waals surface area contributed by atoms with Crippen molar-refractivity contribution in [3.8, 4) is 0 Å².